The van der Waals surface area contributed by atoms with Gasteiger partial charge in [0.15, 0.2) is 0 Å². The number of benzene rings is 3. The van der Waals surface area contributed by atoms with Crippen LogP contribution in [0.3, 0.4) is 0 Å². The zero-order valence-corrected chi connectivity index (χ0v) is 16.1. The van der Waals surface area contributed by atoms with Crippen molar-refractivity contribution < 1.29 is 8.85 Å². The molecule has 0 atom stereocenters. The predicted octanol–water partition coefficient (Wildman–Crippen LogP) is 5.53. The van der Waals surface area contributed by atoms with E-state index in [2.05, 4.69) is 78.1 Å². The summed E-state index contributed by atoms with van der Waals surface area (Å²) in [5.74, 6) is 0. The molecule has 144 valence electrons. The first-order valence-corrected chi connectivity index (χ1v) is 10.1. The van der Waals surface area contributed by atoms with Gasteiger partial charge < -0.3 is 4.74 Å². The first-order valence-electron chi connectivity index (χ1n) is 11.6. The van der Waals surface area contributed by atoms with Crippen LogP contribution in [0.2, 0.25) is 0 Å². The van der Waals surface area contributed by atoms with E-state index in [9.17, 15) is 0 Å². The third kappa shape index (κ3) is 3.76. The fourth-order valence-electron chi connectivity index (χ4n) is 4.45. The van der Waals surface area contributed by atoms with Gasteiger partial charge in [-0.3, -0.25) is 5.32 Å². The normalized spacial score (nSPS) is 22.1. The average Bonchev–Trinajstić information content (AvgIpc) is 2.79. The highest BCUT2D eigenvalue weighted by molar-refractivity contribution is 5.49. The Bertz CT molecular complexity index is 840. The topological polar surface area (TPSA) is 21.3 Å². The van der Waals surface area contributed by atoms with Crippen LogP contribution in [0.25, 0.3) is 0 Å². The van der Waals surface area contributed by atoms with Crippen molar-refractivity contribution >= 4 is 0 Å². The minimum absolute atomic E-state index is 0.204. The van der Waals surface area contributed by atoms with Crippen LogP contribution in [0.5, 0.6) is 0 Å². The summed E-state index contributed by atoms with van der Waals surface area (Å²) in [4.78, 5) is 0. The minimum Gasteiger partial charge on any atom is -0.381 e. The second-order valence-electron chi connectivity index (χ2n) is 7.58. The zero-order valence-electron chi connectivity index (χ0n) is 19.1. The highest BCUT2D eigenvalue weighted by Gasteiger charge is 2.38. The molecule has 1 saturated carbocycles. The van der Waals surface area contributed by atoms with Crippen LogP contribution in [-0.2, 0) is 10.3 Å². The number of rotatable bonds is 6. The van der Waals surface area contributed by atoms with Crippen LogP contribution < -0.4 is 5.32 Å². The van der Waals surface area contributed by atoms with Gasteiger partial charge in [-0.15, -0.1) is 0 Å². The Morgan fingerprint density at radius 3 is 1.54 bits per heavy atom. The smallest absolute Gasteiger partial charge is 0.0950 e. The number of nitrogens with one attached hydrogen (secondary N) is 1. The molecule has 0 bridgehead atoms. The molecule has 28 heavy (non-hydrogen) atoms. The molecule has 2 heteroatoms. The van der Waals surface area contributed by atoms with Crippen LogP contribution in [0, 0.1) is 0 Å². The van der Waals surface area contributed by atoms with Gasteiger partial charge in [-0.1, -0.05) is 91.0 Å². The fraction of sp³-hybridized carbons (Fsp3) is 0.308. The molecule has 0 unspecified atom stereocenters. The maximum atomic E-state index is 7.39. The van der Waals surface area contributed by atoms with Crippen LogP contribution in [0.1, 0.15) is 46.5 Å². The molecule has 1 aliphatic carbocycles. The van der Waals surface area contributed by atoms with E-state index in [1.165, 1.54) is 16.7 Å². The van der Waals surface area contributed by atoms with Crippen molar-refractivity contribution in [3.05, 3.63) is 108 Å². The number of hydrogen-bond acceptors (Lipinski definition) is 2. The third-order valence-electron chi connectivity index (χ3n) is 5.88. The summed E-state index contributed by atoms with van der Waals surface area (Å²) in [6.07, 6.45) is 3.02. The van der Waals surface area contributed by atoms with Gasteiger partial charge in [-0.25, -0.2) is 0 Å². The highest BCUT2D eigenvalue weighted by atomic mass is 16.5. The first-order chi connectivity index (χ1) is 15.0. The second kappa shape index (κ2) is 8.72. The molecule has 2 nitrogen and oxygen atoms in total. The standard InChI is InChI=1S/C26H29NO/c1-28-25-19-17-24(18-20-25)27-26(21-11-5-2-6-12-21,22-13-7-3-8-14-22)23-15-9-4-10-16-23/h2-16,24-25,27H,17-20H2,1H3/i1D3. The Labute approximate surface area is 172 Å². The number of hydrogen-bond donors (Lipinski definition) is 1. The van der Waals surface area contributed by atoms with E-state index in [0.29, 0.717) is 0 Å². The largest absolute Gasteiger partial charge is 0.381 e. The van der Waals surface area contributed by atoms with E-state index in [1.807, 2.05) is 18.2 Å². The maximum Gasteiger partial charge on any atom is 0.0950 e. The number of methoxy groups -OCH3 is 1. The van der Waals surface area contributed by atoms with Crippen molar-refractivity contribution in [2.45, 2.75) is 43.4 Å². The summed E-state index contributed by atoms with van der Waals surface area (Å²) in [7, 11) is -2.33. The molecule has 0 heterocycles. The van der Waals surface area contributed by atoms with Gasteiger partial charge in [0.1, 0.15) is 0 Å². The highest BCUT2D eigenvalue weighted by Crippen LogP contribution is 2.38. The summed E-state index contributed by atoms with van der Waals surface area (Å²) < 4.78 is 27.5. The molecule has 0 aliphatic heterocycles. The van der Waals surface area contributed by atoms with E-state index in [4.69, 9.17) is 8.85 Å². The lowest BCUT2D eigenvalue weighted by Crippen LogP contribution is -2.51. The molecular weight excluding hydrogens is 342 g/mol. The summed E-state index contributed by atoms with van der Waals surface area (Å²) in [6, 6.07) is 31.9. The Balaban J connectivity index is 1.70. The average molecular weight is 375 g/mol. The quantitative estimate of drug-likeness (QED) is 0.573. The molecular formula is C26H29NO. The molecule has 3 aromatic carbocycles. The van der Waals surface area contributed by atoms with Crippen molar-refractivity contribution in [1.29, 1.82) is 0 Å². The first kappa shape index (κ1) is 15.5. The summed E-state index contributed by atoms with van der Waals surface area (Å²) in [5.41, 5.74) is 3.07. The molecule has 1 fully saturated rings. The van der Waals surface area contributed by atoms with Gasteiger partial charge in [0.05, 0.1) is 15.8 Å². The van der Waals surface area contributed by atoms with Gasteiger partial charge in [-0.05, 0) is 42.4 Å². The second-order valence-corrected chi connectivity index (χ2v) is 7.58. The van der Waals surface area contributed by atoms with Crippen molar-refractivity contribution in [3.63, 3.8) is 0 Å². The molecule has 1 aliphatic rings. The van der Waals surface area contributed by atoms with E-state index in [1.54, 1.807) is 0 Å². The minimum atomic E-state index is -2.33. The van der Waals surface area contributed by atoms with E-state index < -0.39 is 12.6 Å². The van der Waals surface area contributed by atoms with Gasteiger partial charge in [0, 0.05) is 13.1 Å². The molecule has 0 radical (unpaired) electrons. The van der Waals surface area contributed by atoms with E-state index in [0.717, 1.165) is 25.7 Å². The SMILES string of the molecule is [2H]C([2H])([2H])OC1CCC(NC(c2ccccc2)(c2ccccc2)c2ccccc2)CC1. The van der Waals surface area contributed by atoms with Crippen molar-refractivity contribution in [2.24, 2.45) is 0 Å². The lowest BCUT2D eigenvalue weighted by atomic mass is 9.75. The summed E-state index contributed by atoms with van der Waals surface area (Å²) in [6.45, 7) is 0. The molecule has 0 aromatic heterocycles. The van der Waals surface area contributed by atoms with Crippen molar-refractivity contribution in [3.8, 4) is 0 Å². The Morgan fingerprint density at radius 1 is 0.714 bits per heavy atom. The molecule has 3 aromatic rings. The third-order valence-corrected chi connectivity index (χ3v) is 5.88. The summed E-state index contributed by atoms with van der Waals surface area (Å²) >= 11 is 0. The molecule has 1 N–H and O–H groups in total. The lowest BCUT2D eigenvalue weighted by molar-refractivity contribution is 0.0600. The Kier molecular flexibility index (Phi) is 4.83. The molecule has 0 saturated heterocycles. The van der Waals surface area contributed by atoms with Gasteiger partial charge >= 0.3 is 0 Å². The Morgan fingerprint density at radius 2 is 1.14 bits per heavy atom. The van der Waals surface area contributed by atoms with Crippen molar-refractivity contribution in [1.82, 2.24) is 5.32 Å². The van der Waals surface area contributed by atoms with Crippen molar-refractivity contribution in [2.75, 3.05) is 7.04 Å². The van der Waals surface area contributed by atoms with Crippen LogP contribution in [0.15, 0.2) is 91.0 Å². The van der Waals surface area contributed by atoms with Crippen LogP contribution in [0.4, 0.5) is 0 Å². The predicted molar refractivity (Wildman–Crippen MR) is 115 cm³/mol. The van der Waals surface area contributed by atoms with Gasteiger partial charge in [-0.2, -0.15) is 0 Å². The summed E-state index contributed by atoms with van der Waals surface area (Å²) in [5, 5.41) is 4.01. The molecule has 4 rings (SSSR count). The Hall–Kier alpha value is -2.42. The van der Waals surface area contributed by atoms with E-state index >= 15 is 0 Å². The van der Waals surface area contributed by atoms with Crippen LogP contribution >= 0.6 is 0 Å². The van der Waals surface area contributed by atoms with Crippen LogP contribution in [-0.4, -0.2) is 19.2 Å². The zero-order chi connectivity index (χ0) is 21.7. The van der Waals surface area contributed by atoms with Gasteiger partial charge in [0.2, 0.25) is 0 Å². The van der Waals surface area contributed by atoms with Gasteiger partial charge in [0.25, 0.3) is 0 Å². The molecule has 0 spiro atoms. The van der Waals surface area contributed by atoms with E-state index in [-0.39, 0.29) is 12.1 Å². The maximum absolute atomic E-state index is 7.39. The molecule has 0 amide bonds. The monoisotopic (exact) mass is 374 g/mol. The lowest BCUT2D eigenvalue weighted by Gasteiger charge is -2.42. The number of ether oxygens (including phenoxy) is 1. The fourth-order valence-corrected chi connectivity index (χ4v) is 4.45.